The van der Waals surface area contributed by atoms with Crippen molar-refractivity contribution < 1.29 is 4.79 Å². The minimum atomic E-state index is 0.199. The highest BCUT2D eigenvalue weighted by molar-refractivity contribution is 5.79. The minimum Gasteiger partial charge on any atom is -0.356 e. The van der Waals surface area contributed by atoms with E-state index in [1.165, 1.54) is 11.1 Å². The highest BCUT2D eigenvalue weighted by Gasteiger charge is 2.23. The molecule has 1 saturated heterocycles. The Labute approximate surface area is 115 Å². The Morgan fingerprint density at radius 2 is 2.00 bits per heavy atom. The van der Waals surface area contributed by atoms with Crippen molar-refractivity contribution in [1.82, 2.24) is 10.6 Å². The standard InChI is InChI=1S/C16H24N2O/c1-12(2)14-7-5-13(6-8-14)4-3-9-18-16(19)15-10-17-11-15/h5-8,12,15,17H,3-4,9-11H2,1-2H3,(H,18,19). The Bertz CT molecular complexity index is 407. The van der Waals surface area contributed by atoms with E-state index < -0.39 is 0 Å². The van der Waals surface area contributed by atoms with Crippen molar-refractivity contribution >= 4 is 5.91 Å². The molecule has 1 fully saturated rings. The third-order valence-electron chi connectivity index (χ3n) is 3.74. The molecule has 2 N–H and O–H groups in total. The Balaban J connectivity index is 1.66. The van der Waals surface area contributed by atoms with Crippen LogP contribution in [0.4, 0.5) is 0 Å². The van der Waals surface area contributed by atoms with E-state index in [2.05, 4.69) is 48.7 Å². The van der Waals surface area contributed by atoms with Crippen LogP contribution in [0.1, 0.15) is 37.3 Å². The zero-order chi connectivity index (χ0) is 13.7. The molecule has 0 saturated carbocycles. The number of hydrogen-bond donors (Lipinski definition) is 2. The number of nitrogens with one attached hydrogen (secondary N) is 2. The average molecular weight is 260 g/mol. The highest BCUT2D eigenvalue weighted by atomic mass is 16.2. The van der Waals surface area contributed by atoms with E-state index in [1.807, 2.05) is 0 Å². The number of rotatable bonds is 6. The topological polar surface area (TPSA) is 41.1 Å². The zero-order valence-corrected chi connectivity index (χ0v) is 11.9. The first-order valence-electron chi connectivity index (χ1n) is 7.24. The lowest BCUT2D eigenvalue weighted by Crippen LogP contribution is -2.50. The SMILES string of the molecule is CC(C)c1ccc(CCCNC(=O)C2CNC2)cc1. The van der Waals surface area contributed by atoms with Crippen LogP contribution in [0.15, 0.2) is 24.3 Å². The summed E-state index contributed by atoms with van der Waals surface area (Å²) in [6.07, 6.45) is 2.04. The van der Waals surface area contributed by atoms with Gasteiger partial charge in [-0.25, -0.2) is 0 Å². The fourth-order valence-electron chi connectivity index (χ4n) is 2.19. The third kappa shape index (κ3) is 4.06. The lowest BCUT2D eigenvalue weighted by Gasteiger charge is -2.25. The van der Waals surface area contributed by atoms with E-state index in [4.69, 9.17) is 0 Å². The summed E-state index contributed by atoms with van der Waals surface area (Å²) in [5.41, 5.74) is 2.73. The zero-order valence-electron chi connectivity index (χ0n) is 11.9. The smallest absolute Gasteiger partial charge is 0.225 e. The van der Waals surface area contributed by atoms with Gasteiger partial charge in [-0.2, -0.15) is 0 Å². The van der Waals surface area contributed by atoms with E-state index in [0.717, 1.165) is 32.5 Å². The fraction of sp³-hybridized carbons (Fsp3) is 0.562. The second-order valence-corrected chi connectivity index (χ2v) is 5.65. The molecule has 0 aromatic heterocycles. The molecule has 0 atom stereocenters. The van der Waals surface area contributed by atoms with Crippen LogP contribution in [0.5, 0.6) is 0 Å². The molecule has 19 heavy (non-hydrogen) atoms. The number of aryl methyl sites for hydroxylation is 1. The van der Waals surface area contributed by atoms with Gasteiger partial charge in [-0.1, -0.05) is 38.1 Å². The Kier molecular flexibility index (Phi) is 4.97. The van der Waals surface area contributed by atoms with Crippen molar-refractivity contribution in [2.24, 2.45) is 5.92 Å². The number of carbonyl (C=O) groups excluding carboxylic acids is 1. The Morgan fingerprint density at radius 3 is 2.53 bits per heavy atom. The van der Waals surface area contributed by atoms with Crippen molar-refractivity contribution in [3.63, 3.8) is 0 Å². The van der Waals surface area contributed by atoms with Gasteiger partial charge in [0.05, 0.1) is 5.92 Å². The third-order valence-corrected chi connectivity index (χ3v) is 3.74. The molecule has 1 aromatic rings. The van der Waals surface area contributed by atoms with Gasteiger partial charge in [-0.15, -0.1) is 0 Å². The maximum atomic E-state index is 11.6. The summed E-state index contributed by atoms with van der Waals surface area (Å²) >= 11 is 0. The second kappa shape index (κ2) is 6.71. The van der Waals surface area contributed by atoms with Crippen molar-refractivity contribution in [2.75, 3.05) is 19.6 Å². The van der Waals surface area contributed by atoms with Gasteiger partial charge in [-0.05, 0) is 29.9 Å². The van der Waals surface area contributed by atoms with Gasteiger partial charge in [0.15, 0.2) is 0 Å². The van der Waals surface area contributed by atoms with Gasteiger partial charge in [-0.3, -0.25) is 4.79 Å². The average Bonchev–Trinajstić information content (AvgIpc) is 2.33. The van der Waals surface area contributed by atoms with Crippen LogP contribution in [0.2, 0.25) is 0 Å². The van der Waals surface area contributed by atoms with E-state index in [1.54, 1.807) is 0 Å². The summed E-state index contributed by atoms with van der Waals surface area (Å²) in [5.74, 6) is 0.989. The second-order valence-electron chi connectivity index (χ2n) is 5.65. The molecule has 0 radical (unpaired) electrons. The molecule has 2 rings (SSSR count). The molecule has 1 heterocycles. The van der Waals surface area contributed by atoms with Crippen LogP contribution in [0, 0.1) is 5.92 Å². The summed E-state index contributed by atoms with van der Waals surface area (Å²) in [7, 11) is 0. The van der Waals surface area contributed by atoms with Gasteiger partial charge in [0.2, 0.25) is 5.91 Å². The normalized spacial score (nSPS) is 15.3. The van der Waals surface area contributed by atoms with E-state index in [-0.39, 0.29) is 11.8 Å². The van der Waals surface area contributed by atoms with Gasteiger partial charge in [0, 0.05) is 19.6 Å². The first kappa shape index (κ1) is 14.1. The van der Waals surface area contributed by atoms with Crippen LogP contribution in [0.25, 0.3) is 0 Å². The summed E-state index contributed by atoms with van der Waals surface area (Å²) in [6.45, 7) is 6.87. The predicted octanol–water partition coefficient (Wildman–Crippen LogP) is 2.08. The van der Waals surface area contributed by atoms with Gasteiger partial charge in [0.1, 0.15) is 0 Å². The summed E-state index contributed by atoms with van der Waals surface area (Å²) < 4.78 is 0. The fourth-order valence-corrected chi connectivity index (χ4v) is 2.19. The van der Waals surface area contributed by atoms with Crippen molar-refractivity contribution in [2.45, 2.75) is 32.6 Å². The molecule has 1 aliphatic heterocycles. The Morgan fingerprint density at radius 1 is 1.32 bits per heavy atom. The van der Waals surface area contributed by atoms with Crippen LogP contribution in [0.3, 0.4) is 0 Å². The molecular formula is C16H24N2O. The minimum absolute atomic E-state index is 0.199. The summed E-state index contributed by atoms with van der Waals surface area (Å²) in [6, 6.07) is 8.82. The molecule has 0 spiro atoms. The van der Waals surface area contributed by atoms with E-state index >= 15 is 0 Å². The molecule has 1 aromatic carbocycles. The van der Waals surface area contributed by atoms with Gasteiger partial charge in [0.25, 0.3) is 0 Å². The maximum Gasteiger partial charge on any atom is 0.225 e. The number of benzene rings is 1. The van der Waals surface area contributed by atoms with Crippen LogP contribution < -0.4 is 10.6 Å². The molecule has 1 aliphatic rings. The lowest BCUT2D eigenvalue weighted by atomic mass is 10.00. The lowest BCUT2D eigenvalue weighted by molar-refractivity contribution is -0.126. The number of amides is 1. The number of hydrogen-bond acceptors (Lipinski definition) is 2. The molecule has 104 valence electrons. The number of carbonyl (C=O) groups is 1. The molecular weight excluding hydrogens is 236 g/mol. The van der Waals surface area contributed by atoms with Crippen LogP contribution >= 0.6 is 0 Å². The summed E-state index contributed by atoms with van der Waals surface area (Å²) in [4.78, 5) is 11.6. The van der Waals surface area contributed by atoms with Crippen LogP contribution in [-0.2, 0) is 11.2 Å². The molecule has 0 unspecified atom stereocenters. The van der Waals surface area contributed by atoms with Gasteiger partial charge < -0.3 is 10.6 Å². The molecule has 3 heteroatoms. The Hall–Kier alpha value is -1.35. The molecule has 1 amide bonds. The summed E-state index contributed by atoms with van der Waals surface area (Å²) in [5, 5.41) is 6.12. The van der Waals surface area contributed by atoms with E-state index in [0.29, 0.717) is 5.92 Å². The van der Waals surface area contributed by atoms with Crippen molar-refractivity contribution in [1.29, 1.82) is 0 Å². The predicted molar refractivity (Wildman–Crippen MR) is 78.2 cm³/mol. The molecule has 0 aliphatic carbocycles. The van der Waals surface area contributed by atoms with Crippen molar-refractivity contribution in [3.8, 4) is 0 Å². The molecule has 3 nitrogen and oxygen atoms in total. The first-order valence-corrected chi connectivity index (χ1v) is 7.24. The van der Waals surface area contributed by atoms with Crippen molar-refractivity contribution in [3.05, 3.63) is 35.4 Å². The quantitative estimate of drug-likeness (QED) is 0.769. The molecule has 0 bridgehead atoms. The largest absolute Gasteiger partial charge is 0.356 e. The monoisotopic (exact) mass is 260 g/mol. The van der Waals surface area contributed by atoms with E-state index in [9.17, 15) is 4.79 Å². The maximum absolute atomic E-state index is 11.6. The first-order chi connectivity index (χ1) is 9.16. The van der Waals surface area contributed by atoms with Gasteiger partial charge >= 0.3 is 0 Å². The highest BCUT2D eigenvalue weighted by Crippen LogP contribution is 2.15. The van der Waals surface area contributed by atoms with Crippen LogP contribution in [-0.4, -0.2) is 25.5 Å².